The predicted octanol–water partition coefficient (Wildman–Crippen LogP) is 3.50. The van der Waals surface area contributed by atoms with Crippen molar-refractivity contribution in [2.45, 2.75) is 32.6 Å². The Morgan fingerprint density at radius 1 is 1.06 bits per heavy atom. The van der Waals surface area contributed by atoms with Gasteiger partial charge in [0.25, 0.3) is 5.91 Å². The molecule has 1 fully saturated rings. The van der Waals surface area contributed by atoms with Crippen molar-refractivity contribution in [2.24, 2.45) is 0 Å². The molecule has 3 aromatic rings. The number of piperazine rings is 1. The van der Waals surface area contributed by atoms with Crippen LogP contribution in [0.15, 0.2) is 41.3 Å². The van der Waals surface area contributed by atoms with Crippen molar-refractivity contribution in [1.29, 1.82) is 0 Å². The van der Waals surface area contributed by atoms with Gasteiger partial charge in [-0.3, -0.25) is 9.69 Å². The van der Waals surface area contributed by atoms with E-state index in [4.69, 9.17) is 4.98 Å². The van der Waals surface area contributed by atoms with Gasteiger partial charge in [0.2, 0.25) is 10.0 Å². The van der Waals surface area contributed by atoms with Crippen LogP contribution in [0.2, 0.25) is 0 Å². The molecule has 1 amide bonds. The summed E-state index contributed by atoms with van der Waals surface area (Å²) in [7, 11) is -3.52. The molecule has 1 N–H and O–H groups in total. The minimum atomic E-state index is -3.52. The second-order valence-corrected chi connectivity index (χ2v) is 12.1. The van der Waals surface area contributed by atoms with Gasteiger partial charge in [-0.05, 0) is 55.3 Å². The lowest BCUT2D eigenvalue weighted by Gasteiger charge is -2.34. The Hall–Kier alpha value is -2.53. The molecule has 1 aliphatic heterocycles. The lowest BCUT2D eigenvalue weighted by molar-refractivity contribution is 0.0947. The third-order valence-electron chi connectivity index (χ3n) is 6.63. The largest absolute Gasteiger partial charge is 0.351 e. The number of hydrogen-bond donors (Lipinski definition) is 1. The third-order valence-corrected chi connectivity index (χ3v) is 9.76. The van der Waals surface area contributed by atoms with E-state index in [0.717, 1.165) is 43.4 Å². The van der Waals surface area contributed by atoms with E-state index in [0.29, 0.717) is 25.2 Å². The topological polar surface area (TPSA) is 85.8 Å². The summed E-state index contributed by atoms with van der Waals surface area (Å²) in [6.45, 7) is 13.7. The average Bonchev–Trinajstić information content (AvgIpc) is 3.29. The van der Waals surface area contributed by atoms with E-state index in [1.807, 2.05) is 13.8 Å². The van der Waals surface area contributed by atoms with E-state index in [9.17, 15) is 13.2 Å². The van der Waals surface area contributed by atoms with Crippen LogP contribution in [0.3, 0.4) is 0 Å². The standard InChI is InChI=1S/C26H35N5O3S2/c1-5-31(6-2)36(33,34)22-9-7-21(8-10-22)25(32)27-11-12-29-13-15-30(16-14-29)26-28-24-20(4)17-19(3)18-23(24)35-26/h7-10,17-18H,5-6,11-16H2,1-4H3,(H,27,32). The highest BCUT2D eigenvalue weighted by molar-refractivity contribution is 7.89. The molecule has 0 spiro atoms. The molecule has 0 aliphatic carbocycles. The number of fused-ring (bicyclic) bond motifs is 1. The fourth-order valence-electron chi connectivity index (χ4n) is 4.58. The number of carbonyl (C=O) groups excluding carboxylic acids is 1. The maximum atomic E-state index is 12.6. The van der Waals surface area contributed by atoms with Crippen LogP contribution in [-0.2, 0) is 10.0 Å². The van der Waals surface area contributed by atoms with Crippen molar-refractivity contribution in [3.8, 4) is 0 Å². The lowest BCUT2D eigenvalue weighted by Crippen LogP contribution is -2.48. The zero-order valence-corrected chi connectivity index (χ0v) is 23.1. The zero-order valence-electron chi connectivity index (χ0n) is 21.5. The van der Waals surface area contributed by atoms with Crippen LogP contribution in [0.4, 0.5) is 5.13 Å². The first kappa shape index (κ1) is 26.5. The van der Waals surface area contributed by atoms with Gasteiger partial charge >= 0.3 is 0 Å². The summed E-state index contributed by atoms with van der Waals surface area (Å²) in [5.41, 5.74) is 4.05. The lowest BCUT2D eigenvalue weighted by atomic mass is 10.1. The molecule has 0 unspecified atom stereocenters. The zero-order chi connectivity index (χ0) is 25.9. The summed E-state index contributed by atoms with van der Waals surface area (Å²) in [6.07, 6.45) is 0. The Morgan fingerprint density at radius 2 is 1.72 bits per heavy atom. The van der Waals surface area contributed by atoms with Crippen LogP contribution in [0.5, 0.6) is 0 Å². The molecule has 4 rings (SSSR count). The number of aromatic nitrogens is 1. The van der Waals surface area contributed by atoms with Gasteiger partial charge in [-0.15, -0.1) is 0 Å². The number of hydrogen-bond acceptors (Lipinski definition) is 7. The molecule has 0 radical (unpaired) electrons. The van der Waals surface area contributed by atoms with E-state index >= 15 is 0 Å². The Morgan fingerprint density at radius 3 is 2.36 bits per heavy atom. The fraction of sp³-hybridized carbons (Fsp3) is 0.462. The van der Waals surface area contributed by atoms with Gasteiger partial charge in [-0.1, -0.05) is 31.3 Å². The molecule has 194 valence electrons. The summed E-state index contributed by atoms with van der Waals surface area (Å²) in [5.74, 6) is -0.194. The first-order chi connectivity index (χ1) is 17.2. The van der Waals surface area contributed by atoms with Gasteiger partial charge < -0.3 is 10.2 Å². The van der Waals surface area contributed by atoms with Crippen LogP contribution in [0, 0.1) is 13.8 Å². The normalized spacial score (nSPS) is 15.1. The number of nitrogens with one attached hydrogen (secondary N) is 1. The van der Waals surface area contributed by atoms with Crippen molar-refractivity contribution in [2.75, 3.05) is 57.3 Å². The quantitative estimate of drug-likeness (QED) is 0.457. The fourth-order valence-corrected chi connectivity index (χ4v) is 7.23. The number of rotatable bonds is 9. The molecule has 0 bridgehead atoms. The van der Waals surface area contributed by atoms with Crippen molar-refractivity contribution in [3.05, 3.63) is 53.1 Å². The summed E-state index contributed by atoms with van der Waals surface area (Å²) < 4.78 is 27.9. The van der Waals surface area contributed by atoms with Crippen LogP contribution >= 0.6 is 11.3 Å². The molecule has 1 aliphatic rings. The molecule has 0 saturated carbocycles. The van der Waals surface area contributed by atoms with Gasteiger partial charge in [-0.25, -0.2) is 13.4 Å². The third kappa shape index (κ3) is 5.72. The van der Waals surface area contributed by atoms with Crippen LogP contribution in [-0.4, -0.2) is 80.9 Å². The minimum absolute atomic E-state index is 0.194. The summed E-state index contributed by atoms with van der Waals surface area (Å²) in [6, 6.07) is 10.6. The van der Waals surface area contributed by atoms with Gasteiger partial charge in [-0.2, -0.15) is 4.31 Å². The Bertz CT molecular complexity index is 1310. The minimum Gasteiger partial charge on any atom is -0.351 e. The van der Waals surface area contributed by atoms with Crippen molar-refractivity contribution >= 4 is 42.6 Å². The van der Waals surface area contributed by atoms with Crippen molar-refractivity contribution in [1.82, 2.24) is 19.5 Å². The van der Waals surface area contributed by atoms with Crippen molar-refractivity contribution in [3.63, 3.8) is 0 Å². The van der Waals surface area contributed by atoms with E-state index < -0.39 is 10.0 Å². The van der Waals surface area contributed by atoms with Gasteiger partial charge in [0, 0.05) is 57.9 Å². The number of thiazole rings is 1. The molecule has 10 heteroatoms. The Balaban J connectivity index is 1.25. The van der Waals surface area contributed by atoms with E-state index in [2.05, 4.69) is 41.1 Å². The summed E-state index contributed by atoms with van der Waals surface area (Å²) >= 11 is 1.76. The average molecular weight is 530 g/mol. The van der Waals surface area contributed by atoms with Gasteiger partial charge in [0.05, 0.1) is 15.1 Å². The Kier molecular flexibility index (Phi) is 8.29. The second-order valence-electron chi connectivity index (χ2n) is 9.12. The van der Waals surface area contributed by atoms with E-state index in [1.165, 1.54) is 32.3 Å². The molecule has 1 aromatic heterocycles. The first-order valence-electron chi connectivity index (χ1n) is 12.5. The second kappa shape index (κ2) is 11.2. The maximum Gasteiger partial charge on any atom is 0.251 e. The molecule has 8 nitrogen and oxygen atoms in total. The molecular weight excluding hydrogens is 494 g/mol. The first-order valence-corrected chi connectivity index (χ1v) is 14.7. The molecule has 1 saturated heterocycles. The number of anilines is 1. The highest BCUT2D eigenvalue weighted by Crippen LogP contribution is 2.32. The molecule has 2 aromatic carbocycles. The van der Waals surface area contributed by atoms with Crippen LogP contribution < -0.4 is 10.2 Å². The maximum absolute atomic E-state index is 12.6. The summed E-state index contributed by atoms with van der Waals surface area (Å²) in [4.78, 5) is 22.4. The van der Waals surface area contributed by atoms with Gasteiger partial charge in [0.1, 0.15) is 0 Å². The number of aryl methyl sites for hydroxylation is 2. The number of benzene rings is 2. The van der Waals surface area contributed by atoms with Crippen LogP contribution in [0.25, 0.3) is 10.2 Å². The number of sulfonamides is 1. The highest BCUT2D eigenvalue weighted by Gasteiger charge is 2.22. The van der Waals surface area contributed by atoms with Crippen molar-refractivity contribution < 1.29 is 13.2 Å². The SMILES string of the molecule is CCN(CC)S(=O)(=O)c1ccc(C(=O)NCCN2CCN(c3nc4c(C)cc(C)cc4s3)CC2)cc1. The van der Waals surface area contributed by atoms with E-state index in [-0.39, 0.29) is 10.8 Å². The van der Waals surface area contributed by atoms with E-state index in [1.54, 1.807) is 23.5 Å². The molecule has 0 atom stereocenters. The number of amides is 1. The number of carbonyl (C=O) groups is 1. The monoisotopic (exact) mass is 529 g/mol. The Labute approximate surface area is 218 Å². The molecule has 36 heavy (non-hydrogen) atoms. The molecular formula is C26H35N5O3S2. The molecule has 2 heterocycles. The van der Waals surface area contributed by atoms with Crippen LogP contribution in [0.1, 0.15) is 35.3 Å². The number of nitrogens with zero attached hydrogens (tertiary/aromatic N) is 4. The predicted molar refractivity (Wildman–Crippen MR) is 147 cm³/mol. The van der Waals surface area contributed by atoms with Gasteiger partial charge in [0.15, 0.2) is 5.13 Å². The highest BCUT2D eigenvalue weighted by atomic mass is 32.2. The smallest absolute Gasteiger partial charge is 0.251 e. The summed E-state index contributed by atoms with van der Waals surface area (Å²) in [5, 5.41) is 4.04.